The van der Waals surface area contributed by atoms with Crippen molar-refractivity contribution in [1.29, 1.82) is 0 Å². The Balaban J connectivity index is 1.79. The third-order valence-corrected chi connectivity index (χ3v) is 5.51. The van der Waals surface area contributed by atoms with Crippen LogP contribution in [0.1, 0.15) is 35.9 Å². The van der Waals surface area contributed by atoms with E-state index >= 15 is 0 Å². The molecule has 1 aromatic carbocycles. The summed E-state index contributed by atoms with van der Waals surface area (Å²) in [7, 11) is 0. The summed E-state index contributed by atoms with van der Waals surface area (Å²) in [5, 5.41) is 13.8. The molecule has 0 spiro atoms. The van der Waals surface area contributed by atoms with E-state index in [1.807, 2.05) is 30.3 Å². The highest BCUT2D eigenvalue weighted by Gasteiger charge is 2.39. The van der Waals surface area contributed by atoms with Crippen LogP contribution < -0.4 is 5.32 Å². The standard InChI is InChI=1S/C16H19NO2S/c1-16(10-18)8-4-7-14(16)17-15(19)13-9-11-5-2-3-6-12(11)20-13/h2-3,5-6,9,14,18H,4,7-8,10H2,1H3,(H,17,19). The lowest BCUT2D eigenvalue weighted by atomic mass is 9.86. The van der Waals surface area contributed by atoms with Crippen LogP contribution in [0.3, 0.4) is 0 Å². The molecule has 2 atom stereocenters. The zero-order valence-corrected chi connectivity index (χ0v) is 12.4. The van der Waals surface area contributed by atoms with Crippen molar-refractivity contribution in [3.63, 3.8) is 0 Å². The molecule has 1 fully saturated rings. The van der Waals surface area contributed by atoms with Crippen LogP contribution in [0.4, 0.5) is 0 Å². The first-order valence-corrected chi connectivity index (χ1v) is 7.84. The average Bonchev–Trinajstić information content (AvgIpc) is 3.04. The van der Waals surface area contributed by atoms with E-state index in [1.165, 1.54) is 11.3 Å². The van der Waals surface area contributed by atoms with Crippen LogP contribution in [-0.2, 0) is 0 Å². The summed E-state index contributed by atoms with van der Waals surface area (Å²) in [5.74, 6) is -0.0159. The second-order valence-electron chi connectivity index (χ2n) is 5.88. The Morgan fingerprint density at radius 2 is 2.30 bits per heavy atom. The Morgan fingerprint density at radius 3 is 3.05 bits per heavy atom. The van der Waals surface area contributed by atoms with Gasteiger partial charge in [-0.2, -0.15) is 0 Å². The van der Waals surface area contributed by atoms with E-state index in [9.17, 15) is 9.90 Å². The van der Waals surface area contributed by atoms with E-state index in [1.54, 1.807) is 0 Å². The summed E-state index contributed by atoms with van der Waals surface area (Å²) in [5.41, 5.74) is -0.174. The molecule has 2 unspecified atom stereocenters. The number of rotatable bonds is 3. The fourth-order valence-corrected chi connectivity index (χ4v) is 3.96. The first-order chi connectivity index (χ1) is 9.62. The predicted octanol–water partition coefficient (Wildman–Crippen LogP) is 3.18. The number of aliphatic hydroxyl groups excluding tert-OH is 1. The molecule has 1 aromatic heterocycles. The zero-order chi connectivity index (χ0) is 14.2. The predicted molar refractivity (Wildman–Crippen MR) is 82.1 cm³/mol. The van der Waals surface area contributed by atoms with Gasteiger partial charge in [0, 0.05) is 16.2 Å². The van der Waals surface area contributed by atoms with Crippen molar-refractivity contribution in [2.45, 2.75) is 32.2 Å². The number of hydrogen-bond acceptors (Lipinski definition) is 3. The lowest BCUT2D eigenvalue weighted by molar-refractivity contribution is 0.0834. The summed E-state index contributed by atoms with van der Waals surface area (Å²) >= 11 is 1.52. The van der Waals surface area contributed by atoms with Gasteiger partial charge in [-0.1, -0.05) is 31.5 Å². The van der Waals surface area contributed by atoms with E-state index in [-0.39, 0.29) is 24.0 Å². The fraction of sp³-hybridized carbons (Fsp3) is 0.438. The summed E-state index contributed by atoms with van der Waals surface area (Å²) in [6, 6.07) is 10.0. The van der Waals surface area contributed by atoms with Crippen molar-refractivity contribution < 1.29 is 9.90 Å². The first kappa shape index (κ1) is 13.6. The number of thiophene rings is 1. The maximum absolute atomic E-state index is 12.4. The lowest BCUT2D eigenvalue weighted by Crippen LogP contribution is -2.44. The zero-order valence-electron chi connectivity index (χ0n) is 11.6. The summed E-state index contributed by atoms with van der Waals surface area (Å²) in [4.78, 5) is 13.1. The van der Waals surface area contributed by atoms with E-state index < -0.39 is 0 Å². The van der Waals surface area contributed by atoms with Crippen LogP contribution in [0.25, 0.3) is 10.1 Å². The molecule has 0 aliphatic heterocycles. The molecule has 1 saturated carbocycles. The Morgan fingerprint density at radius 1 is 1.50 bits per heavy atom. The molecule has 0 saturated heterocycles. The van der Waals surface area contributed by atoms with Crippen LogP contribution >= 0.6 is 11.3 Å². The van der Waals surface area contributed by atoms with Crippen molar-refractivity contribution in [3.8, 4) is 0 Å². The number of carbonyl (C=O) groups excluding carboxylic acids is 1. The highest BCUT2D eigenvalue weighted by molar-refractivity contribution is 7.20. The topological polar surface area (TPSA) is 49.3 Å². The van der Waals surface area contributed by atoms with Gasteiger partial charge in [-0.15, -0.1) is 11.3 Å². The lowest BCUT2D eigenvalue weighted by Gasteiger charge is -2.29. The molecule has 1 aliphatic carbocycles. The van der Waals surface area contributed by atoms with Gasteiger partial charge in [0.2, 0.25) is 0 Å². The molecule has 1 amide bonds. The number of aliphatic hydroxyl groups is 1. The second kappa shape index (κ2) is 5.19. The van der Waals surface area contributed by atoms with Crippen molar-refractivity contribution in [3.05, 3.63) is 35.2 Å². The largest absolute Gasteiger partial charge is 0.396 e. The molecule has 0 bridgehead atoms. The van der Waals surface area contributed by atoms with Gasteiger partial charge in [0.15, 0.2) is 0 Å². The van der Waals surface area contributed by atoms with E-state index in [0.29, 0.717) is 0 Å². The summed E-state index contributed by atoms with van der Waals surface area (Å²) in [6.45, 7) is 2.18. The van der Waals surface area contributed by atoms with Gasteiger partial charge in [-0.25, -0.2) is 0 Å². The second-order valence-corrected chi connectivity index (χ2v) is 6.96. The van der Waals surface area contributed by atoms with Crippen LogP contribution in [0.5, 0.6) is 0 Å². The van der Waals surface area contributed by atoms with Gasteiger partial charge in [0.05, 0.1) is 11.5 Å². The molecule has 2 N–H and O–H groups in total. The van der Waals surface area contributed by atoms with Gasteiger partial charge in [-0.05, 0) is 30.4 Å². The highest BCUT2D eigenvalue weighted by atomic mass is 32.1. The van der Waals surface area contributed by atoms with Gasteiger partial charge in [-0.3, -0.25) is 4.79 Å². The number of amides is 1. The SMILES string of the molecule is CC1(CO)CCCC1NC(=O)c1cc2ccccc2s1. The van der Waals surface area contributed by atoms with Gasteiger partial charge < -0.3 is 10.4 Å². The Labute approximate surface area is 122 Å². The summed E-state index contributed by atoms with van der Waals surface area (Å²) in [6.07, 6.45) is 2.99. The van der Waals surface area contributed by atoms with Crippen molar-refractivity contribution in [1.82, 2.24) is 5.32 Å². The molecular weight excluding hydrogens is 270 g/mol. The molecule has 0 radical (unpaired) electrons. The monoisotopic (exact) mass is 289 g/mol. The minimum absolute atomic E-state index is 0.0159. The molecule has 3 nitrogen and oxygen atoms in total. The number of carbonyl (C=O) groups is 1. The molecule has 106 valence electrons. The van der Waals surface area contributed by atoms with Crippen LogP contribution in [0, 0.1) is 5.41 Å². The minimum Gasteiger partial charge on any atom is -0.396 e. The van der Waals surface area contributed by atoms with Crippen LogP contribution in [0.15, 0.2) is 30.3 Å². The molecule has 1 aliphatic rings. The van der Waals surface area contributed by atoms with E-state index in [4.69, 9.17) is 0 Å². The Bertz CT molecular complexity index is 603. The van der Waals surface area contributed by atoms with E-state index in [0.717, 1.165) is 34.2 Å². The van der Waals surface area contributed by atoms with Crippen molar-refractivity contribution in [2.75, 3.05) is 6.61 Å². The Hall–Kier alpha value is -1.39. The molecule has 20 heavy (non-hydrogen) atoms. The van der Waals surface area contributed by atoms with Gasteiger partial charge in [0.1, 0.15) is 0 Å². The quantitative estimate of drug-likeness (QED) is 0.911. The molecule has 2 aromatic rings. The van der Waals surface area contributed by atoms with Crippen LogP contribution in [0.2, 0.25) is 0 Å². The maximum Gasteiger partial charge on any atom is 0.261 e. The molecule has 4 heteroatoms. The fourth-order valence-electron chi connectivity index (χ4n) is 2.99. The van der Waals surface area contributed by atoms with Crippen LogP contribution in [-0.4, -0.2) is 23.7 Å². The maximum atomic E-state index is 12.4. The first-order valence-electron chi connectivity index (χ1n) is 7.03. The van der Waals surface area contributed by atoms with Gasteiger partial charge >= 0.3 is 0 Å². The van der Waals surface area contributed by atoms with Crippen molar-refractivity contribution >= 4 is 27.3 Å². The molecule has 3 rings (SSSR count). The highest BCUT2D eigenvalue weighted by Crippen LogP contribution is 2.37. The Kier molecular flexibility index (Phi) is 3.52. The third-order valence-electron chi connectivity index (χ3n) is 4.40. The van der Waals surface area contributed by atoms with Crippen molar-refractivity contribution in [2.24, 2.45) is 5.41 Å². The minimum atomic E-state index is -0.174. The number of benzene rings is 1. The normalized spacial score (nSPS) is 26.0. The van der Waals surface area contributed by atoms with Gasteiger partial charge in [0.25, 0.3) is 5.91 Å². The number of nitrogens with one attached hydrogen (secondary N) is 1. The molecular formula is C16H19NO2S. The summed E-state index contributed by atoms with van der Waals surface area (Å²) < 4.78 is 1.13. The number of fused-ring (bicyclic) bond motifs is 1. The number of hydrogen-bond donors (Lipinski definition) is 2. The molecule has 1 heterocycles. The van der Waals surface area contributed by atoms with E-state index in [2.05, 4.69) is 12.2 Å². The smallest absolute Gasteiger partial charge is 0.261 e. The third kappa shape index (κ3) is 2.34. The average molecular weight is 289 g/mol.